The molecule has 0 aliphatic rings. The Morgan fingerprint density at radius 2 is 2.11 bits per heavy atom. The summed E-state index contributed by atoms with van der Waals surface area (Å²) in [6.45, 7) is 0.679. The number of aromatic nitrogens is 1. The number of halogens is 1. The molecule has 0 amide bonds. The van der Waals surface area contributed by atoms with E-state index < -0.39 is 0 Å². The molecule has 1 heterocycles. The molecule has 4 heteroatoms. The number of pyridine rings is 1. The Morgan fingerprint density at radius 1 is 1.28 bits per heavy atom. The zero-order valence-electron chi connectivity index (χ0n) is 10.2. The van der Waals surface area contributed by atoms with Crippen LogP contribution in [0, 0.1) is 0 Å². The quantitative estimate of drug-likeness (QED) is 0.921. The van der Waals surface area contributed by atoms with E-state index in [1.165, 1.54) is 0 Å². The van der Waals surface area contributed by atoms with Gasteiger partial charge >= 0.3 is 0 Å². The van der Waals surface area contributed by atoms with E-state index >= 15 is 0 Å². The van der Waals surface area contributed by atoms with Gasteiger partial charge in [-0.1, -0.05) is 23.7 Å². The van der Waals surface area contributed by atoms with Gasteiger partial charge in [0.1, 0.15) is 0 Å². The number of rotatable bonds is 4. The first kappa shape index (κ1) is 12.9. The lowest BCUT2D eigenvalue weighted by molar-refractivity contribution is 0.282. The predicted octanol–water partition coefficient (Wildman–Crippen LogP) is 2.86. The van der Waals surface area contributed by atoms with Crippen molar-refractivity contribution >= 4 is 17.3 Å². The SMILES string of the molecule is CN(Cc1ccccn1)c1ccc(CO)c(Cl)c1. The van der Waals surface area contributed by atoms with E-state index in [1.54, 1.807) is 6.20 Å². The van der Waals surface area contributed by atoms with Crippen LogP contribution in [0.2, 0.25) is 5.02 Å². The lowest BCUT2D eigenvalue weighted by atomic mass is 10.2. The summed E-state index contributed by atoms with van der Waals surface area (Å²) in [5, 5.41) is 9.66. The third kappa shape index (κ3) is 3.00. The first-order chi connectivity index (χ1) is 8.70. The number of aliphatic hydroxyl groups excluding tert-OH is 1. The van der Waals surface area contributed by atoms with E-state index in [0.717, 1.165) is 23.5 Å². The van der Waals surface area contributed by atoms with E-state index in [0.29, 0.717) is 5.02 Å². The summed E-state index contributed by atoms with van der Waals surface area (Å²) in [6.07, 6.45) is 1.78. The lowest BCUT2D eigenvalue weighted by Crippen LogP contribution is -2.17. The fraction of sp³-hybridized carbons (Fsp3) is 0.214. The first-order valence-electron chi connectivity index (χ1n) is 5.71. The molecule has 0 saturated heterocycles. The van der Waals surface area contributed by atoms with Gasteiger partial charge in [-0.2, -0.15) is 0 Å². The molecule has 0 spiro atoms. The van der Waals surface area contributed by atoms with Gasteiger partial charge < -0.3 is 10.0 Å². The molecule has 0 radical (unpaired) electrons. The van der Waals surface area contributed by atoms with Crippen LogP contribution in [0.1, 0.15) is 11.3 Å². The van der Waals surface area contributed by atoms with Crippen LogP contribution in [0.15, 0.2) is 42.6 Å². The lowest BCUT2D eigenvalue weighted by Gasteiger charge is -2.19. The van der Waals surface area contributed by atoms with Crippen LogP contribution in [0.4, 0.5) is 5.69 Å². The van der Waals surface area contributed by atoms with Gasteiger partial charge in [0, 0.05) is 24.0 Å². The Hall–Kier alpha value is -1.58. The van der Waals surface area contributed by atoms with Crippen molar-refractivity contribution in [2.75, 3.05) is 11.9 Å². The molecule has 18 heavy (non-hydrogen) atoms. The Morgan fingerprint density at radius 3 is 2.72 bits per heavy atom. The molecule has 2 rings (SSSR count). The summed E-state index contributed by atoms with van der Waals surface area (Å²) in [4.78, 5) is 6.35. The van der Waals surface area contributed by atoms with Gasteiger partial charge in [0.2, 0.25) is 0 Å². The number of aliphatic hydroxyl groups is 1. The van der Waals surface area contributed by atoms with Crippen LogP contribution in [0.25, 0.3) is 0 Å². The van der Waals surface area contributed by atoms with Gasteiger partial charge in [0.05, 0.1) is 18.8 Å². The second kappa shape index (κ2) is 5.85. The topological polar surface area (TPSA) is 36.4 Å². The number of benzene rings is 1. The van der Waals surface area contributed by atoms with Crippen LogP contribution < -0.4 is 4.90 Å². The first-order valence-corrected chi connectivity index (χ1v) is 6.09. The molecule has 1 aromatic carbocycles. The Bertz CT molecular complexity index is 516. The van der Waals surface area contributed by atoms with Crippen LogP contribution >= 0.6 is 11.6 Å². The minimum atomic E-state index is -0.0386. The molecule has 0 aliphatic heterocycles. The highest BCUT2D eigenvalue weighted by atomic mass is 35.5. The molecule has 94 valence electrons. The van der Waals surface area contributed by atoms with Crippen LogP contribution in [-0.2, 0) is 13.2 Å². The summed E-state index contributed by atoms with van der Waals surface area (Å²) in [5.74, 6) is 0. The van der Waals surface area contributed by atoms with Crippen molar-refractivity contribution in [2.45, 2.75) is 13.2 Å². The third-order valence-corrected chi connectivity index (χ3v) is 3.12. The average molecular weight is 263 g/mol. The third-order valence-electron chi connectivity index (χ3n) is 2.77. The van der Waals surface area contributed by atoms with Gasteiger partial charge in [-0.05, 0) is 29.8 Å². The van der Waals surface area contributed by atoms with E-state index in [-0.39, 0.29) is 6.61 Å². The largest absolute Gasteiger partial charge is 0.392 e. The monoisotopic (exact) mass is 262 g/mol. The van der Waals surface area contributed by atoms with Gasteiger partial charge in [-0.3, -0.25) is 4.98 Å². The molecule has 3 nitrogen and oxygen atoms in total. The summed E-state index contributed by atoms with van der Waals surface area (Å²) < 4.78 is 0. The van der Waals surface area contributed by atoms with Gasteiger partial charge in [0.15, 0.2) is 0 Å². The summed E-state index contributed by atoms with van der Waals surface area (Å²) in [6, 6.07) is 11.5. The fourth-order valence-corrected chi connectivity index (χ4v) is 1.96. The summed E-state index contributed by atoms with van der Waals surface area (Å²) in [7, 11) is 1.99. The van der Waals surface area contributed by atoms with Crippen molar-refractivity contribution in [3.8, 4) is 0 Å². The minimum Gasteiger partial charge on any atom is -0.392 e. The molecular weight excluding hydrogens is 248 g/mol. The van der Waals surface area contributed by atoms with Crippen molar-refractivity contribution in [3.63, 3.8) is 0 Å². The van der Waals surface area contributed by atoms with Crippen LogP contribution in [0.5, 0.6) is 0 Å². The smallest absolute Gasteiger partial charge is 0.0696 e. The van der Waals surface area contributed by atoms with Crippen molar-refractivity contribution in [1.29, 1.82) is 0 Å². The highest BCUT2D eigenvalue weighted by Crippen LogP contribution is 2.23. The average Bonchev–Trinajstić information content (AvgIpc) is 2.39. The molecule has 0 saturated carbocycles. The fourth-order valence-electron chi connectivity index (χ4n) is 1.73. The Labute approximate surface area is 112 Å². The second-order valence-corrected chi connectivity index (χ2v) is 4.52. The molecule has 0 bridgehead atoms. The van der Waals surface area contributed by atoms with E-state index in [9.17, 15) is 0 Å². The molecule has 0 aliphatic carbocycles. The standard InChI is InChI=1S/C14H15ClN2O/c1-17(9-12-4-2-3-7-16-12)13-6-5-11(10-18)14(15)8-13/h2-8,18H,9-10H2,1H3. The normalized spacial score (nSPS) is 10.4. The highest BCUT2D eigenvalue weighted by Gasteiger charge is 2.06. The molecule has 0 unspecified atom stereocenters. The predicted molar refractivity (Wildman–Crippen MR) is 73.7 cm³/mol. The molecule has 1 aromatic heterocycles. The molecule has 1 N–H and O–H groups in total. The van der Waals surface area contributed by atoms with Gasteiger partial charge in [0.25, 0.3) is 0 Å². The van der Waals surface area contributed by atoms with Crippen molar-refractivity contribution in [3.05, 3.63) is 58.9 Å². The van der Waals surface area contributed by atoms with Crippen LogP contribution in [-0.4, -0.2) is 17.1 Å². The van der Waals surface area contributed by atoms with Crippen molar-refractivity contribution in [1.82, 2.24) is 4.98 Å². The van der Waals surface area contributed by atoms with Gasteiger partial charge in [-0.15, -0.1) is 0 Å². The second-order valence-electron chi connectivity index (χ2n) is 4.11. The highest BCUT2D eigenvalue weighted by molar-refractivity contribution is 6.31. The number of anilines is 1. The molecular formula is C14H15ClN2O. The summed E-state index contributed by atoms with van der Waals surface area (Å²) in [5.41, 5.74) is 2.75. The summed E-state index contributed by atoms with van der Waals surface area (Å²) >= 11 is 6.07. The Balaban J connectivity index is 2.14. The van der Waals surface area contributed by atoms with Crippen molar-refractivity contribution in [2.24, 2.45) is 0 Å². The van der Waals surface area contributed by atoms with Crippen molar-refractivity contribution < 1.29 is 5.11 Å². The van der Waals surface area contributed by atoms with Crippen LogP contribution in [0.3, 0.4) is 0 Å². The van der Waals surface area contributed by atoms with E-state index in [1.807, 2.05) is 43.4 Å². The maximum Gasteiger partial charge on any atom is 0.0696 e. The number of nitrogens with zero attached hydrogens (tertiary/aromatic N) is 2. The molecule has 2 aromatic rings. The van der Waals surface area contributed by atoms with E-state index in [2.05, 4.69) is 9.88 Å². The molecule has 0 fully saturated rings. The minimum absolute atomic E-state index is 0.0386. The van der Waals surface area contributed by atoms with E-state index in [4.69, 9.17) is 16.7 Å². The maximum atomic E-state index is 9.08. The zero-order valence-corrected chi connectivity index (χ0v) is 10.9. The van der Waals surface area contributed by atoms with Gasteiger partial charge in [-0.25, -0.2) is 0 Å². The molecule has 0 atom stereocenters. The Kier molecular flexibility index (Phi) is 4.18. The number of hydrogen-bond acceptors (Lipinski definition) is 3. The zero-order chi connectivity index (χ0) is 13.0. The number of hydrogen-bond donors (Lipinski definition) is 1. The maximum absolute atomic E-state index is 9.08.